The first-order valence-electron chi connectivity index (χ1n) is 5.41. The number of alkyl halides is 3. The molecule has 0 saturated heterocycles. The van der Waals surface area contributed by atoms with Crippen molar-refractivity contribution in [3.05, 3.63) is 30.3 Å². The van der Waals surface area contributed by atoms with Gasteiger partial charge in [0.2, 0.25) is 0 Å². The molecule has 0 bridgehead atoms. The standard InChI is InChI=1S/C11H13Cl3N2O2S/c1-8(2)15-10(11(12,13)14)16-19(17,18)9-6-4-3-5-7-9/h3-8H,1-2H3,(H,15,16)/p+1. The molecular weight excluding hydrogens is 331 g/mol. The molecule has 106 valence electrons. The van der Waals surface area contributed by atoms with Gasteiger partial charge in [-0.2, -0.15) is 13.1 Å². The van der Waals surface area contributed by atoms with E-state index in [1.165, 1.54) is 12.1 Å². The highest BCUT2D eigenvalue weighted by atomic mass is 35.6. The number of amidine groups is 1. The molecule has 0 saturated carbocycles. The summed E-state index contributed by atoms with van der Waals surface area (Å²) in [6.07, 6.45) is 0. The van der Waals surface area contributed by atoms with Crippen molar-refractivity contribution in [3.8, 4) is 0 Å². The Balaban J connectivity index is 3.11. The molecule has 1 aromatic rings. The van der Waals surface area contributed by atoms with Crippen molar-refractivity contribution >= 4 is 50.7 Å². The second-order valence-electron chi connectivity index (χ2n) is 4.09. The lowest BCUT2D eigenvalue weighted by Crippen LogP contribution is -2.83. The lowest BCUT2D eigenvalue weighted by molar-refractivity contribution is -0.495. The van der Waals surface area contributed by atoms with Gasteiger partial charge in [0.15, 0.2) is 0 Å². The third-order valence-electron chi connectivity index (χ3n) is 2.01. The molecule has 0 unspecified atom stereocenters. The third-order valence-corrected chi connectivity index (χ3v) is 3.94. The van der Waals surface area contributed by atoms with Gasteiger partial charge in [-0.1, -0.05) is 53.0 Å². The molecule has 0 amide bonds. The van der Waals surface area contributed by atoms with Crippen molar-refractivity contribution in [2.45, 2.75) is 28.6 Å². The Morgan fingerprint density at radius 3 is 2.16 bits per heavy atom. The smallest absolute Gasteiger partial charge is 0.272 e. The molecular formula is C11H14Cl3N2O2S+. The highest BCUT2D eigenvalue weighted by Crippen LogP contribution is 2.25. The Kier molecular flexibility index (Phi) is 5.50. The van der Waals surface area contributed by atoms with E-state index in [0.29, 0.717) is 0 Å². The predicted octanol–water partition coefficient (Wildman–Crippen LogP) is 1.22. The van der Waals surface area contributed by atoms with Crippen molar-refractivity contribution in [2.24, 2.45) is 0 Å². The molecule has 0 aromatic heterocycles. The molecule has 1 aromatic carbocycles. The van der Waals surface area contributed by atoms with E-state index in [4.69, 9.17) is 34.8 Å². The van der Waals surface area contributed by atoms with Crippen molar-refractivity contribution in [2.75, 3.05) is 0 Å². The lowest BCUT2D eigenvalue weighted by Gasteiger charge is -2.12. The van der Waals surface area contributed by atoms with Crippen LogP contribution in [0.5, 0.6) is 0 Å². The van der Waals surface area contributed by atoms with Gasteiger partial charge < -0.3 is 0 Å². The van der Waals surface area contributed by atoms with Gasteiger partial charge in [-0.3, -0.25) is 4.99 Å². The molecule has 4 nitrogen and oxygen atoms in total. The van der Waals surface area contributed by atoms with Crippen molar-refractivity contribution < 1.29 is 13.4 Å². The molecule has 0 radical (unpaired) electrons. The number of sulfonamides is 1. The highest BCUT2D eigenvalue weighted by Gasteiger charge is 2.38. The van der Waals surface area contributed by atoms with Crippen LogP contribution in [-0.4, -0.2) is 24.1 Å². The number of hydrogen-bond acceptors (Lipinski definition) is 2. The Hall–Kier alpha value is -0.490. The zero-order valence-electron chi connectivity index (χ0n) is 10.3. The number of nitrogens with one attached hydrogen (secondary N) is 2. The van der Waals surface area contributed by atoms with Gasteiger partial charge in [-0.15, -0.1) is 0 Å². The summed E-state index contributed by atoms with van der Waals surface area (Å²) in [4.78, 5) is 2.87. The number of hydrogen-bond donors (Lipinski definition) is 2. The largest absolute Gasteiger partial charge is 0.328 e. The second kappa shape index (κ2) is 6.31. The SMILES string of the molecule is CC(C)[NH+]=C(NS(=O)(=O)c1ccccc1)C(Cl)(Cl)Cl. The monoisotopic (exact) mass is 343 g/mol. The van der Waals surface area contributed by atoms with Gasteiger partial charge in [-0.05, 0) is 26.0 Å². The van der Waals surface area contributed by atoms with E-state index in [2.05, 4.69) is 9.71 Å². The van der Waals surface area contributed by atoms with Crippen molar-refractivity contribution in [3.63, 3.8) is 0 Å². The zero-order valence-corrected chi connectivity index (χ0v) is 13.4. The quantitative estimate of drug-likeness (QED) is 0.492. The minimum absolute atomic E-state index is 0.0901. The van der Waals surface area contributed by atoms with Crippen LogP contribution < -0.4 is 9.71 Å². The van der Waals surface area contributed by atoms with Crippen LogP contribution in [0.2, 0.25) is 0 Å². The minimum atomic E-state index is -3.79. The lowest BCUT2D eigenvalue weighted by atomic mass is 10.4. The Morgan fingerprint density at radius 1 is 1.21 bits per heavy atom. The van der Waals surface area contributed by atoms with Crippen molar-refractivity contribution in [1.29, 1.82) is 0 Å². The van der Waals surface area contributed by atoms with Crippen LogP contribution in [0.1, 0.15) is 13.8 Å². The van der Waals surface area contributed by atoms with E-state index in [0.717, 1.165) is 0 Å². The molecule has 19 heavy (non-hydrogen) atoms. The van der Waals surface area contributed by atoms with Crippen LogP contribution in [0.25, 0.3) is 0 Å². The van der Waals surface area contributed by atoms with E-state index in [1.807, 2.05) is 0 Å². The summed E-state index contributed by atoms with van der Waals surface area (Å²) in [6, 6.07) is 7.75. The van der Waals surface area contributed by atoms with Crippen LogP contribution >= 0.6 is 34.8 Å². The summed E-state index contributed by atoms with van der Waals surface area (Å²) in [5, 5.41) is 0. The molecule has 0 atom stereocenters. The third kappa shape index (κ3) is 5.18. The first-order chi connectivity index (χ1) is 8.63. The maximum absolute atomic E-state index is 12.1. The molecule has 8 heteroatoms. The first-order valence-corrected chi connectivity index (χ1v) is 8.03. The van der Waals surface area contributed by atoms with Crippen LogP contribution in [-0.2, 0) is 10.0 Å². The Morgan fingerprint density at radius 2 is 1.74 bits per heavy atom. The summed E-state index contributed by atoms with van der Waals surface area (Å²) in [7, 11) is -3.79. The van der Waals surface area contributed by atoms with Gasteiger partial charge in [0.1, 0.15) is 4.90 Å². The molecule has 0 aliphatic rings. The fourth-order valence-electron chi connectivity index (χ4n) is 1.25. The van der Waals surface area contributed by atoms with E-state index >= 15 is 0 Å². The molecule has 0 fully saturated rings. The zero-order chi connectivity index (χ0) is 14.7. The summed E-state index contributed by atoms with van der Waals surface area (Å²) >= 11 is 17.2. The van der Waals surface area contributed by atoms with Gasteiger partial charge in [0.05, 0.1) is 6.04 Å². The van der Waals surface area contributed by atoms with Gasteiger partial charge >= 0.3 is 15.9 Å². The second-order valence-corrected chi connectivity index (χ2v) is 8.05. The Bertz CT molecular complexity index is 551. The minimum Gasteiger partial charge on any atom is -0.272 e. The fraction of sp³-hybridized carbons (Fsp3) is 0.364. The summed E-state index contributed by atoms with van der Waals surface area (Å²) in [5.74, 6) is -0.101. The van der Waals surface area contributed by atoms with Crippen LogP contribution in [0.15, 0.2) is 35.2 Å². The van der Waals surface area contributed by atoms with Crippen LogP contribution in [0, 0.1) is 0 Å². The molecule has 0 spiro atoms. The van der Waals surface area contributed by atoms with Gasteiger partial charge in [0, 0.05) is 0 Å². The van der Waals surface area contributed by atoms with E-state index in [9.17, 15) is 8.42 Å². The fourth-order valence-corrected chi connectivity index (χ4v) is 2.84. The van der Waals surface area contributed by atoms with Crippen molar-refractivity contribution in [1.82, 2.24) is 4.72 Å². The predicted molar refractivity (Wildman–Crippen MR) is 78.2 cm³/mol. The van der Waals surface area contributed by atoms with E-state index < -0.39 is 13.8 Å². The van der Waals surface area contributed by atoms with Crippen LogP contribution in [0.3, 0.4) is 0 Å². The highest BCUT2D eigenvalue weighted by molar-refractivity contribution is 7.90. The number of benzene rings is 1. The maximum Gasteiger partial charge on any atom is 0.328 e. The number of rotatable bonds is 3. The molecule has 0 heterocycles. The number of halogens is 3. The normalized spacial score (nSPS) is 13.7. The van der Waals surface area contributed by atoms with E-state index in [1.54, 1.807) is 32.0 Å². The van der Waals surface area contributed by atoms with E-state index in [-0.39, 0.29) is 16.8 Å². The van der Waals surface area contributed by atoms with Gasteiger partial charge in [-0.25, -0.2) is 0 Å². The summed E-state index contributed by atoms with van der Waals surface area (Å²) in [5.41, 5.74) is 0. The average Bonchev–Trinajstić information content (AvgIpc) is 2.27. The van der Waals surface area contributed by atoms with Crippen LogP contribution in [0.4, 0.5) is 0 Å². The molecule has 0 aliphatic carbocycles. The average molecular weight is 345 g/mol. The molecule has 1 rings (SSSR count). The molecule has 0 aliphatic heterocycles. The Labute approximate surface area is 127 Å². The topological polar surface area (TPSA) is 60.1 Å². The maximum atomic E-state index is 12.1. The molecule has 2 N–H and O–H groups in total. The first kappa shape index (κ1) is 16.6. The summed E-state index contributed by atoms with van der Waals surface area (Å²) in [6.45, 7) is 3.60. The van der Waals surface area contributed by atoms with Gasteiger partial charge in [0.25, 0.3) is 3.79 Å². The summed E-state index contributed by atoms with van der Waals surface area (Å²) < 4.78 is 24.6.